The van der Waals surface area contributed by atoms with Gasteiger partial charge in [0.2, 0.25) is 0 Å². The monoisotopic (exact) mass is 366 g/mol. The van der Waals surface area contributed by atoms with Gasteiger partial charge in [0.05, 0.1) is 17.7 Å². The van der Waals surface area contributed by atoms with Crippen molar-refractivity contribution >= 4 is 12.0 Å². The molecule has 0 spiro atoms. The molecule has 0 aliphatic carbocycles. The van der Waals surface area contributed by atoms with E-state index in [1.807, 2.05) is 68.4 Å². The van der Waals surface area contributed by atoms with Crippen LogP contribution >= 0.6 is 0 Å². The zero-order chi connectivity index (χ0) is 19.4. The zero-order valence-electron chi connectivity index (χ0n) is 15.8. The lowest BCUT2D eigenvalue weighted by Crippen LogP contribution is -2.23. The second-order valence-electron chi connectivity index (χ2n) is 6.36. The third-order valence-electron chi connectivity index (χ3n) is 3.99. The number of rotatable bonds is 6. The highest BCUT2D eigenvalue weighted by molar-refractivity contribution is 5.60. The van der Waals surface area contributed by atoms with Crippen molar-refractivity contribution in [2.75, 3.05) is 14.1 Å². The van der Waals surface area contributed by atoms with Crippen molar-refractivity contribution in [3.05, 3.63) is 64.1 Å². The lowest BCUT2D eigenvalue weighted by atomic mass is 10.1. The van der Waals surface area contributed by atoms with Gasteiger partial charge in [-0.2, -0.15) is 9.36 Å². The summed E-state index contributed by atoms with van der Waals surface area (Å²) in [4.78, 5) is 18.4. The van der Waals surface area contributed by atoms with Gasteiger partial charge in [0.25, 0.3) is 0 Å². The molecule has 27 heavy (non-hydrogen) atoms. The molecular formula is C19H22N6O2. The van der Waals surface area contributed by atoms with Crippen molar-refractivity contribution in [2.24, 2.45) is 12.0 Å². The van der Waals surface area contributed by atoms with Crippen LogP contribution < -0.4 is 10.4 Å². The van der Waals surface area contributed by atoms with Gasteiger partial charge in [0, 0.05) is 26.7 Å². The Hall–Kier alpha value is -3.42. The summed E-state index contributed by atoms with van der Waals surface area (Å²) in [5, 5.41) is 7.71. The van der Waals surface area contributed by atoms with E-state index in [4.69, 9.17) is 4.74 Å². The summed E-state index contributed by atoms with van der Waals surface area (Å²) in [5.74, 6) is 0.722. The van der Waals surface area contributed by atoms with E-state index in [1.165, 1.54) is 9.36 Å². The predicted molar refractivity (Wildman–Crippen MR) is 104 cm³/mol. The molecule has 0 N–H and O–H groups in total. The molecule has 0 bridgehead atoms. The summed E-state index contributed by atoms with van der Waals surface area (Å²) in [6, 6.07) is 13.2. The first kappa shape index (κ1) is 18.4. The van der Waals surface area contributed by atoms with E-state index < -0.39 is 0 Å². The zero-order valence-corrected chi connectivity index (χ0v) is 15.8. The lowest BCUT2D eigenvalue weighted by molar-refractivity contribution is 0.305. The molecule has 0 aliphatic heterocycles. The number of benzene rings is 2. The average Bonchev–Trinajstić information content (AvgIpc) is 2.98. The van der Waals surface area contributed by atoms with Gasteiger partial charge < -0.3 is 9.64 Å². The molecule has 0 aliphatic rings. The highest BCUT2D eigenvalue weighted by atomic mass is 16.5. The largest absolute Gasteiger partial charge is 0.489 e. The number of nitrogens with zero attached hydrogens (tertiary/aromatic N) is 6. The van der Waals surface area contributed by atoms with Crippen molar-refractivity contribution < 1.29 is 4.74 Å². The van der Waals surface area contributed by atoms with Crippen molar-refractivity contribution in [1.29, 1.82) is 0 Å². The summed E-state index contributed by atoms with van der Waals surface area (Å²) in [6.07, 6.45) is 1.74. The van der Waals surface area contributed by atoms with Gasteiger partial charge in [-0.25, -0.2) is 9.79 Å². The van der Waals surface area contributed by atoms with E-state index >= 15 is 0 Å². The molecule has 0 fully saturated rings. The minimum atomic E-state index is -0.301. The molecule has 2 aromatic carbocycles. The van der Waals surface area contributed by atoms with Crippen LogP contribution in [0.15, 0.2) is 52.3 Å². The first-order valence-corrected chi connectivity index (χ1v) is 8.47. The summed E-state index contributed by atoms with van der Waals surface area (Å²) >= 11 is 0. The first-order chi connectivity index (χ1) is 13.0. The Kier molecular flexibility index (Phi) is 5.35. The maximum atomic E-state index is 12.2. The topological polar surface area (TPSA) is 77.5 Å². The number of aromatic nitrogens is 4. The van der Waals surface area contributed by atoms with Crippen LogP contribution in [0.25, 0.3) is 5.69 Å². The number of aliphatic imine (C=N–C) groups is 1. The van der Waals surface area contributed by atoms with Crippen molar-refractivity contribution in [3.8, 4) is 11.4 Å². The second kappa shape index (κ2) is 7.86. The van der Waals surface area contributed by atoms with Gasteiger partial charge in [-0.3, -0.25) is 0 Å². The Morgan fingerprint density at radius 1 is 1.15 bits per heavy atom. The second-order valence-corrected chi connectivity index (χ2v) is 6.36. The van der Waals surface area contributed by atoms with Crippen LogP contribution in [0.1, 0.15) is 11.1 Å². The number of hydrogen-bond acceptors (Lipinski definition) is 5. The highest BCUT2D eigenvalue weighted by Crippen LogP contribution is 2.22. The molecule has 3 aromatic rings. The molecule has 0 saturated heterocycles. The Balaban J connectivity index is 1.80. The van der Waals surface area contributed by atoms with Gasteiger partial charge in [-0.1, -0.05) is 12.1 Å². The molecule has 0 saturated carbocycles. The van der Waals surface area contributed by atoms with Crippen LogP contribution in [0.2, 0.25) is 0 Å². The normalized spacial score (nSPS) is 11.1. The molecule has 1 heterocycles. The Morgan fingerprint density at radius 3 is 2.52 bits per heavy atom. The van der Waals surface area contributed by atoms with Crippen LogP contribution in [-0.4, -0.2) is 45.1 Å². The fourth-order valence-corrected chi connectivity index (χ4v) is 2.50. The minimum absolute atomic E-state index is 0.301. The van der Waals surface area contributed by atoms with Gasteiger partial charge in [-0.05, 0) is 53.2 Å². The quantitative estimate of drug-likeness (QED) is 0.493. The maximum Gasteiger partial charge on any atom is 0.368 e. The van der Waals surface area contributed by atoms with Crippen LogP contribution in [0, 0.1) is 6.92 Å². The van der Waals surface area contributed by atoms with Crippen molar-refractivity contribution in [2.45, 2.75) is 13.5 Å². The van der Waals surface area contributed by atoms with Crippen molar-refractivity contribution in [3.63, 3.8) is 0 Å². The van der Waals surface area contributed by atoms with Gasteiger partial charge in [0.1, 0.15) is 12.4 Å². The molecule has 0 atom stereocenters. The Bertz CT molecular complexity index is 1000. The van der Waals surface area contributed by atoms with Crippen LogP contribution in [0.5, 0.6) is 5.75 Å². The van der Waals surface area contributed by atoms with Crippen LogP contribution in [0.3, 0.4) is 0 Å². The minimum Gasteiger partial charge on any atom is -0.489 e. The fraction of sp³-hybridized carbons (Fsp3) is 0.263. The average molecular weight is 366 g/mol. The van der Waals surface area contributed by atoms with E-state index in [1.54, 1.807) is 13.4 Å². The van der Waals surface area contributed by atoms with Gasteiger partial charge in [0.15, 0.2) is 0 Å². The Morgan fingerprint density at radius 2 is 1.89 bits per heavy atom. The van der Waals surface area contributed by atoms with Gasteiger partial charge in [-0.15, -0.1) is 0 Å². The van der Waals surface area contributed by atoms with E-state index in [0.29, 0.717) is 12.3 Å². The van der Waals surface area contributed by atoms with E-state index in [2.05, 4.69) is 15.4 Å². The number of ether oxygens (including phenoxy) is 1. The van der Waals surface area contributed by atoms with Crippen molar-refractivity contribution in [1.82, 2.24) is 24.7 Å². The van der Waals surface area contributed by atoms with Crippen LogP contribution in [-0.2, 0) is 13.7 Å². The third kappa shape index (κ3) is 4.22. The van der Waals surface area contributed by atoms with E-state index in [-0.39, 0.29) is 5.69 Å². The van der Waals surface area contributed by atoms with E-state index in [0.717, 1.165) is 22.6 Å². The molecule has 0 unspecified atom stereocenters. The van der Waals surface area contributed by atoms with Crippen LogP contribution in [0.4, 0.5) is 5.69 Å². The lowest BCUT2D eigenvalue weighted by Gasteiger charge is -2.13. The SMILES string of the molecule is Cc1cccc(-n2nnn(C)c2=O)c1COc1ccc(/N=C/N(C)C)cc1. The first-order valence-electron chi connectivity index (χ1n) is 8.47. The predicted octanol–water partition coefficient (Wildman–Crippen LogP) is 2.07. The molecule has 3 rings (SSSR count). The number of hydrogen-bond donors (Lipinski definition) is 0. The maximum absolute atomic E-state index is 12.2. The molecule has 1 aromatic heterocycles. The molecule has 0 amide bonds. The number of tetrazole rings is 1. The molecule has 140 valence electrons. The molecule has 8 nitrogen and oxygen atoms in total. The third-order valence-corrected chi connectivity index (χ3v) is 3.99. The summed E-state index contributed by atoms with van der Waals surface area (Å²) in [5.41, 5.74) is 3.11. The van der Waals surface area contributed by atoms with E-state index in [9.17, 15) is 4.79 Å². The molecule has 0 radical (unpaired) electrons. The number of aryl methyl sites for hydroxylation is 2. The molecule has 8 heteroatoms. The summed E-state index contributed by atoms with van der Waals surface area (Å²) in [7, 11) is 5.41. The molecular weight excluding hydrogens is 344 g/mol. The fourth-order valence-electron chi connectivity index (χ4n) is 2.50. The summed E-state index contributed by atoms with van der Waals surface area (Å²) in [6.45, 7) is 2.29. The van der Waals surface area contributed by atoms with Gasteiger partial charge >= 0.3 is 5.69 Å². The smallest absolute Gasteiger partial charge is 0.368 e. The Labute approximate surface area is 157 Å². The summed E-state index contributed by atoms with van der Waals surface area (Å²) < 4.78 is 8.41. The highest BCUT2D eigenvalue weighted by Gasteiger charge is 2.13. The standard InChI is InChI=1S/C19H22N6O2/c1-14-6-5-7-18(25-19(26)24(4)21-22-25)17(14)12-27-16-10-8-15(9-11-16)20-13-23(2)3/h5-11,13H,12H2,1-4H3/b20-13+.